The minimum Gasteiger partial charge on any atom is -0.478 e. The van der Waals surface area contributed by atoms with Crippen molar-refractivity contribution in [2.24, 2.45) is 0 Å². The van der Waals surface area contributed by atoms with Crippen LogP contribution in [0.5, 0.6) is 0 Å². The highest BCUT2D eigenvalue weighted by atomic mass is 16.4. The van der Waals surface area contributed by atoms with Crippen molar-refractivity contribution >= 4 is 28.6 Å². The molecule has 1 aliphatic heterocycles. The maximum absolute atomic E-state index is 12.1. The molecule has 0 bridgehead atoms. The highest BCUT2D eigenvalue weighted by molar-refractivity contribution is 6.08. The molecule has 0 radical (unpaired) electrons. The molecule has 0 saturated carbocycles. The fourth-order valence-corrected chi connectivity index (χ4v) is 3.67. The number of carboxylic acid groups (broad SMARTS) is 2. The molecule has 0 amide bonds. The topological polar surface area (TPSA) is 103 Å². The summed E-state index contributed by atoms with van der Waals surface area (Å²) in [6.07, 6.45) is 0. The molecular weight excluding hydrogens is 396 g/mol. The lowest BCUT2D eigenvalue weighted by Crippen LogP contribution is -2.21. The van der Waals surface area contributed by atoms with Gasteiger partial charge in [0.25, 0.3) is 0 Å². The molecule has 7 heteroatoms. The first-order chi connectivity index (χ1) is 14.8. The van der Waals surface area contributed by atoms with E-state index in [1.807, 2.05) is 55.1 Å². The van der Waals surface area contributed by atoms with E-state index in [1.54, 1.807) is 13.1 Å². The van der Waals surface area contributed by atoms with Gasteiger partial charge in [-0.1, -0.05) is 6.07 Å². The Morgan fingerprint density at radius 3 is 2.29 bits per heavy atom. The van der Waals surface area contributed by atoms with Crippen LogP contribution < -0.4 is 15.2 Å². The molecule has 1 heterocycles. The van der Waals surface area contributed by atoms with Crippen molar-refractivity contribution in [3.8, 4) is 22.5 Å². The van der Waals surface area contributed by atoms with Crippen LogP contribution in [0.4, 0.5) is 5.69 Å². The van der Waals surface area contributed by atoms with Gasteiger partial charge in [0, 0.05) is 41.4 Å². The van der Waals surface area contributed by atoms with Gasteiger partial charge in [0.2, 0.25) is 5.36 Å². The number of rotatable bonds is 4. The molecule has 7 nitrogen and oxygen atoms in total. The minimum atomic E-state index is -1.20. The fourth-order valence-electron chi connectivity index (χ4n) is 3.67. The molecule has 0 aromatic heterocycles. The number of fused-ring (bicyclic) bond motifs is 2. The molecule has 0 unspecified atom stereocenters. The SMILES string of the molecule is CNc1ccc2c(-c3ccc(C(=O)O)cc3C(=O)O)c3ccc(=[N+](C)C)cc-3oc2c1. The Labute approximate surface area is 177 Å². The number of hydrogen-bond donors (Lipinski definition) is 3. The van der Waals surface area contributed by atoms with E-state index in [9.17, 15) is 19.8 Å². The third kappa shape index (κ3) is 3.50. The number of carbonyl (C=O) groups is 2. The second-order valence-corrected chi connectivity index (χ2v) is 7.38. The summed E-state index contributed by atoms with van der Waals surface area (Å²) in [7, 11) is 5.66. The van der Waals surface area contributed by atoms with Crippen molar-refractivity contribution < 1.29 is 24.2 Å². The summed E-state index contributed by atoms with van der Waals surface area (Å²) in [5, 5.41) is 23.9. The van der Waals surface area contributed by atoms with Crippen molar-refractivity contribution in [1.82, 2.24) is 4.58 Å². The third-order valence-electron chi connectivity index (χ3n) is 5.28. The number of anilines is 1. The smallest absolute Gasteiger partial charge is 0.336 e. The lowest BCUT2D eigenvalue weighted by atomic mass is 9.90. The van der Waals surface area contributed by atoms with Crippen LogP contribution in [-0.4, -0.2) is 43.3 Å². The van der Waals surface area contributed by atoms with E-state index in [0.717, 1.165) is 22.0 Å². The van der Waals surface area contributed by atoms with Crippen LogP contribution in [0, 0.1) is 0 Å². The average molecular weight is 417 g/mol. The highest BCUT2D eigenvalue weighted by Crippen LogP contribution is 2.41. The van der Waals surface area contributed by atoms with Gasteiger partial charge < -0.3 is 19.9 Å². The van der Waals surface area contributed by atoms with E-state index < -0.39 is 11.9 Å². The van der Waals surface area contributed by atoms with E-state index >= 15 is 0 Å². The fraction of sp³-hybridized carbons (Fsp3) is 0.125. The van der Waals surface area contributed by atoms with Crippen LogP contribution in [0.2, 0.25) is 0 Å². The van der Waals surface area contributed by atoms with E-state index in [-0.39, 0.29) is 11.1 Å². The Kier molecular flexibility index (Phi) is 4.94. The molecule has 1 aliphatic carbocycles. The van der Waals surface area contributed by atoms with Gasteiger partial charge in [0.1, 0.15) is 25.4 Å². The number of nitrogens with one attached hydrogen (secondary N) is 1. The first-order valence-electron chi connectivity index (χ1n) is 9.60. The summed E-state index contributed by atoms with van der Waals surface area (Å²) in [6.45, 7) is 0. The first-order valence-corrected chi connectivity index (χ1v) is 9.60. The first kappa shape index (κ1) is 20.2. The second kappa shape index (κ2) is 7.60. The number of hydrogen-bond acceptors (Lipinski definition) is 4. The Bertz CT molecular complexity index is 1400. The van der Waals surface area contributed by atoms with Crippen molar-refractivity contribution in [2.75, 3.05) is 26.5 Å². The zero-order valence-corrected chi connectivity index (χ0v) is 17.3. The Hall–Kier alpha value is -4.13. The van der Waals surface area contributed by atoms with Crippen LogP contribution in [0.1, 0.15) is 20.7 Å². The summed E-state index contributed by atoms with van der Waals surface area (Å²) < 4.78 is 8.15. The highest BCUT2D eigenvalue weighted by Gasteiger charge is 2.23. The van der Waals surface area contributed by atoms with Crippen molar-refractivity contribution in [1.29, 1.82) is 0 Å². The standard InChI is InChI=1S/C24H20N2O5/c1-25-14-5-8-17-20(11-14)31-21-12-15(26(2)3)6-9-18(21)22(17)16-7-4-13(23(27)28)10-19(16)24(29)30/h4-12H,1-3H3,(H2,27,28,29,30)/p+1. The van der Waals surface area contributed by atoms with E-state index in [0.29, 0.717) is 22.5 Å². The average Bonchev–Trinajstić information content (AvgIpc) is 2.76. The van der Waals surface area contributed by atoms with E-state index in [4.69, 9.17) is 4.42 Å². The summed E-state index contributed by atoms with van der Waals surface area (Å²) in [4.78, 5) is 23.5. The number of aromatic carboxylic acids is 2. The predicted molar refractivity (Wildman–Crippen MR) is 119 cm³/mol. The van der Waals surface area contributed by atoms with E-state index in [2.05, 4.69) is 5.32 Å². The predicted octanol–water partition coefficient (Wildman–Crippen LogP) is 3.67. The molecule has 0 spiro atoms. The maximum Gasteiger partial charge on any atom is 0.336 e. The molecule has 2 aromatic carbocycles. The van der Waals surface area contributed by atoms with Crippen molar-refractivity contribution in [3.05, 3.63) is 71.1 Å². The van der Waals surface area contributed by atoms with Gasteiger partial charge in [-0.3, -0.25) is 0 Å². The van der Waals surface area contributed by atoms with Crippen LogP contribution in [0.3, 0.4) is 0 Å². The van der Waals surface area contributed by atoms with Gasteiger partial charge in [-0.2, -0.15) is 0 Å². The lowest BCUT2D eigenvalue weighted by Gasteiger charge is -2.17. The molecule has 4 rings (SSSR count). The quantitative estimate of drug-likeness (QED) is 0.346. The van der Waals surface area contributed by atoms with Gasteiger partial charge in [-0.25, -0.2) is 14.2 Å². The zero-order chi connectivity index (χ0) is 22.3. The van der Waals surface area contributed by atoms with E-state index in [1.165, 1.54) is 12.1 Å². The maximum atomic E-state index is 12.1. The van der Waals surface area contributed by atoms with Gasteiger partial charge >= 0.3 is 11.9 Å². The molecule has 0 saturated heterocycles. The van der Waals surface area contributed by atoms with Gasteiger partial charge in [0.15, 0.2) is 0 Å². The van der Waals surface area contributed by atoms with Crippen molar-refractivity contribution in [2.45, 2.75) is 0 Å². The van der Waals surface area contributed by atoms with Crippen LogP contribution in [0.15, 0.2) is 59.0 Å². The molecule has 31 heavy (non-hydrogen) atoms. The number of benzene rings is 3. The Morgan fingerprint density at radius 1 is 0.903 bits per heavy atom. The summed E-state index contributed by atoms with van der Waals surface area (Å²) >= 11 is 0. The van der Waals surface area contributed by atoms with Crippen LogP contribution in [-0.2, 0) is 0 Å². The van der Waals surface area contributed by atoms with Gasteiger partial charge in [0.05, 0.1) is 17.2 Å². The molecule has 0 fully saturated rings. The van der Waals surface area contributed by atoms with Crippen LogP contribution >= 0.6 is 0 Å². The summed E-state index contributed by atoms with van der Waals surface area (Å²) in [6, 6.07) is 15.5. The van der Waals surface area contributed by atoms with Gasteiger partial charge in [-0.05, 0) is 35.9 Å². The molecule has 3 N–H and O–H groups in total. The Balaban J connectivity index is 2.17. The molecule has 2 aromatic rings. The number of carboxylic acids is 2. The van der Waals surface area contributed by atoms with Crippen LogP contribution in [0.25, 0.3) is 33.4 Å². The molecular formula is C24H21N2O5+. The zero-order valence-electron chi connectivity index (χ0n) is 17.3. The summed E-state index contributed by atoms with van der Waals surface area (Å²) in [5.74, 6) is -1.78. The molecule has 156 valence electrons. The van der Waals surface area contributed by atoms with Gasteiger partial charge in [-0.15, -0.1) is 0 Å². The monoisotopic (exact) mass is 417 g/mol. The normalized spacial score (nSPS) is 10.9. The lowest BCUT2D eigenvalue weighted by molar-refractivity contribution is 0.0696. The largest absolute Gasteiger partial charge is 0.478 e. The minimum absolute atomic E-state index is 0.0805. The molecule has 0 atom stereocenters. The number of nitrogens with zero attached hydrogens (tertiary/aromatic N) is 1. The second-order valence-electron chi connectivity index (χ2n) is 7.38. The van der Waals surface area contributed by atoms with Crippen molar-refractivity contribution in [3.63, 3.8) is 0 Å². The molecule has 2 aliphatic rings. The Morgan fingerprint density at radius 2 is 1.65 bits per heavy atom. The summed E-state index contributed by atoms with van der Waals surface area (Å²) in [5.41, 5.74) is 3.12. The third-order valence-corrected chi connectivity index (χ3v) is 5.28.